The first-order chi connectivity index (χ1) is 12.6. The van der Waals surface area contributed by atoms with E-state index in [1.807, 2.05) is 48.5 Å². The Morgan fingerprint density at radius 2 is 1.73 bits per heavy atom. The van der Waals surface area contributed by atoms with Crippen LogP contribution in [-0.2, 0) is 4.79 Å². The molecule has 1 aliphatic rings. The number of nitrogens with one attached hydrogen (secondary N) is 1. The number of rotatable bonds is 7. The zero-order chi connectivity index (χ0) is 18.4. The standard InChI is InChI=1S/C19H17NO4S2/c1-22-14-5-7-15(8-6-14)23-9-10-24-16-4-2-3-13(11-16)12-17-18(21)20-19(25)26-17/h2-8,11-12H,9-10H2,1H3,(H,20,21,25)/b17-12-. The molecule has 7 heteroatoms. The van der Waals surface area contributed by atoms with Crippen LogP contribution in [-0.4, -0.2) is 30.6 Å². The zero-order valence-corrected chi connectivity index (χ0v) is 15.7. The van der Waals surface area contributed by atoms with Gasteiger partial charge in [-0.25, -0.2) is 0 Å². The van der Waals surface area contributed by atoms with E-state index in [4.69, 9.17) is 26.4 Å². The molecule has 134 valence electrons. The van der Waals surface area contributed by atoms with Crippen molar-refractivity contribution in [1.82, 2.24) is 5.32 Å². The van der Waals surface area contributed by atoms with Crippen LogP contribution in [0.1, 0.15) is 5.56 Å². The topological polar surface area (TPSA) is 56.8 Å². The maximum absolute atomic E-state index is 11.7. The molecule has 2 aromatic carbocycles. The first-order valence-corrected chi connectivity index (χ1v) is 9.11. The Morgan fingerprint density at radius 1 is 1.04 bits per heavy atom. The molecule has 0 spiro atoms. The van der Waals surface area contributed by atoms with Crippen molar-refractivity contribution in [2.45, 2.75) is 0 Å². The van der Waals surface area contributed by atoms with Gasteiger partial charge in [-0.3, -0.25) is 4.79 Å². The van der Waals surface area contributed by atoms with Crippen molar-refractivity contribution in [3.05, 3.63) is 59.0 Å². The molecular weight excluding hydrogens is 370 g/mol. The average molecular weight is 387 g/mol. The lowest BCUT2D eigenvalue weighted by molar-refractivity contribution is -0.115. The number of hydrogen-bond donors (Lipinski definition) is 1. The van der Waals surface area contributed by atoms with Crippen LogP contribution in [0.4, 0.5) is 0 Å². The highest BCUT2D eigenvalue weighted by molar-refractivity contribution is 8.26. The van der Waals surface area contributed by atoms with Crippen molar-refractivity contribution in [3.8, 4) is 17.2 Å². The molecule has 2 aromatic rings. The van der Waals surface area contributed by atoms with Gasteiger partial charge < -0.3 is 19.5 Å². The fraction of sp³-hybridized carbons (Fsp3) is 0.158. The summed E-state index contributed by atoms with van der Waals surface area (Å²) in [5.74, 6) is 2.09. The number of amides is 1. The number of methoxy groups -OCH3 is 1. The Kier molecular flexibility index (Phi) is 6.14. The molecule has 0 atom stereocenters. The molecule has 1 amide bonds. The Labute approximate surface area is 161 Å². The van der Waals surface area contributed by atoms with Gasteiger partial charge in [-0.05, 0) is 48.0 Å². The van der Waals surface area contributed by atoms with Crippen LogP contribution in [0.3, 0.4) is 0 Å². The minimum Gasteiger partial charge on any atom is -0.497 e. The van der Waals surface area contributed by atoms with Gasteiger partial charge in [-0.2, -0.15) is 0 Å². The number of thiocarbonyl (C=S) groups is 1. The number of ether oxygens (including phenoxy) is 3. The minimum absolute atomic E-state index is 0.167. The highest BCUT2D eigenvalue weighted by atomic mass is 32.2. The number of thioether (sulfide) groups is 1. The third-order valence-electron chi connectivity index (χ3n) is 3.48. The predicted molar refractivity (Wildman–Crippen MR) is 107 cm³/mol. The third-order valence-corrected chi connectivity index (χ3v) is 4.64. The third kappa shape index (κ3) is 5.00. The maximum Gasteiger partial charge on any atom is 0.263 e. The van der Waals surface area contributed by atoms with Gasteiger partial charge in [0.1, 0.15) is 34.8 Å². The summed E-state index contributed by atoms with van der Waals surface area (Å²) in [6.07, 6.45) is 1.79. The van der Waals surface area contributed by atoms with Gasteiger partial charge in [0.05, 0.1) is 12.0 Å². The smallest absolute Gasteiger partial charge is 0.263 e. The summed E-state index contributed by atoms with van der Waals surface area (Å²) in [7, 11) is 1.62. The van der Waals surface area contributed by atoms with Gasteiger partial charge in [0, 0.05) is 0 Å². The van der Waals surface area contributed by atoms with Crippen molar-refractivity contribution in [1.29, 1.82) is 0 Å². The van der Waals surface area contributed by atoms with Gasteiger partial charge in [0.2, 0.25) is 0 Å². The second-order valence-electron chi connectivity index (χ2n) is 5.30. The molecule has 0 aliphatic carbocycles. The van der Waals surface area contributed by atoms with Crippen LogP contribution < -0.4 is 19.5 Å². The van der Waals surface area contributed by atoms with Crippen LogP contribution in [0.5, 0.6) is 17.2 Å². The van der Waals surface area contributed by atoms with E-state index in [0.717, 1.165) is 17.1 Å². The number of carbonyl (C=O) groups excluding carboxylic acids is 1. The van der Waals surface area contributed by atoms with Crippen LogP contribution in [0.15, 0.2) is 53.4 Å². The summed E-state index contributed by atoms with van der Waals surface area (Å²) < 4.78 is 16.9. The highest BCUT2D eigenvalue weighted by Crippen LogP contribution is 2.26. The van der Waals surface area contributed by atoms with E-state index in [1.165, 1.54) is 11.8 Å². The molecule has 5 nitrogen and oxygen atoms in total. The number of hydrogen-bond acceptors (Lipinski definition) is 6. The van der Waals surface area contributed by atoms with Crippen molar-refractivity contribution in [2.24, 2.45) is 0 Å². The van der Waals surface area contributed by atoms with Gasteiger partial charge in [0.15, 0.2) is 0 Å². The van der Waals surface area contributed by atoms with Crippen molar-refractivity contribution >= 4 is 40.3 Å². The molecule has 3 rings (SSSR count). The number of carbonyl (C=O) groups is 1. The van der Waals surface area contributed by atoms with E-state index in [0.29, 0.717) is 28.2 Å². The number of benzene rings is 2. The van der Waals surface area contributed by atoms with Crippen molar-refractivity contribution in [2.75, 3.05) is 20.3 Å². The quantitative estimate of drug-likeness (QED) is 0.445. The fourth-order valence-corrected chi connectivity index (χ4v) is 3.30. The zero-order valence-electron chi connectivity index (χ0n) is 14.1. The van der Waals surface area contributed by atoms with E-state index in [-0.39, 0.29) is 5.91 Å². The summed E-state index contributed by atoms with van der Waals surface area (Å²) in [4.78, 5) is 12.3. The molecule has 0 aromatic heterocycles. The minimum atomic E-state index is -0.167. The molecule has 26 heavy (non-hydrogen) atoms. The molecule has 0 bridgehead atoms. The van der Waals surface area contributed by atoms with Crippen LogP contribution in [0, 0.1) is 0 Å². The lowest BCUT2D eigenvalue weighted by Gasteiger charge is -2.09. The summed E-state index contributed by atoms with van der Waals surface area (Å²) in [6.45, 7) is 0.829. The fourth-order valence-electron chi connectivity index (χ4n) is 2.26. The van der Waals surface area contributed by atoms with E-state index in [2.05, 4.69) is 5.32 Å². The largest absolute Gasteiger partial charge is 0.497 e. The lowest BCUT2D eigenvalue weighted by atomic mass is 10.2. The summed E-state index contributed by atoms with van der Waals surface area (Å²) in [5.41, 5.74) is 0.876. The van der Waals surface area contributed by atoms with Crippen LogP contribution >= 0.6 is 24.0 Å². The molecular formula is C19H17NO4S2. The molecule has 0 radical (unpaired) electrons. The second-order valence-corrected chi connectivity index (χ2v) is 7.02. The molecule has 0 saturated carbocycles. The van der Waals surface area contributed by atoms with Crippen LogP contribution in [0.2, 0.25) is 0 Å². The maximum atomic E-state index is 11.7. The van der Waals surface area contributed by atoms with Crippen molar-refractivity contribution < 1.29 is 19.0 Å². The molecule has 1 N–H and O–H groups in total. The summed E-state index contributed by atoms with van der Waals surface area (Å²) in [6, 6.07) is 14.9. The highest BCUT2D eigenvalue weighted by Gasteiger charge is 2.21. The molecule has 1 saturated heterocycles. The predicted octanol–water partition coefficient (Wildman–Crippen LogP) is 3.64. The Morgan fingerprint density at radius 3 is 2.38 bits per heavy atom. The Hall–Kier alpha value is -2.51. The molecule has 1 heterocycles. The first kappa shape index (κ1) is 18.3. The summed E-state index contributed by atoms with van der Waals surface area (Å²) >= 11 is 6.24. The van der Waals surface area contributed by atoms with Crippen molar-refractivity contribution in [3.63, 3.8) is 0 Å². The second kappa shape index (κ2) is 8.73. The van der Waals surface area contributed by atoms with E-state index >= 15 is 0 Å². The monoisotopic (exact) mass is 387 g/mol. The SMILES string of the molecule is COc1ccc(OCCOc2cccc(/C=C3\SC(=S)NC3=O)c2)cc1. The van der Waals surface area contributed by atoms with Gasteiger partial charge >= 0.3 is 0 Å². The molecule has 1 fully saturated rings. The first-order valence-electron chi connectivity index (χ1n) is 7.88. The average Bonchev–Trinajstić information content (AvgIpc) is 2.96. The molecule has 1 aliphatic heterocycles. The Bertz CT molecular complexity index is 834. The van der Waals surface area contributed by atoms with Crippen LogP contribution in [0.25, 0.3) is 6.08 Å². The lowest BCUT2D eigenvalue weighted by Crippen LogP contribution is -2.17. The normalized spacial score (nSPS) is 15.0. The van der Waals surface area contributed by atoms with Gasteiger partial charge in [0.25, 0.3) is 5.91 Å². The van der Waals surface area contributed by atoms with E-state index in [9.17, 15) is 4.79 Å². The van der Waals surface area contributed by atoms with Gasteiger partial charge in [-0.15, -0.1) is 0 Å². The van der Waals surface area contributed by atoms with E-state index in [1.54, 1.807) is 13.2 Å². The van der Waals surface area contributed by atoms with E-state index < -0.39 is 0 Å². The summed E-state index contributed by atoms with van der Waals surface area (Å²) in [5, 5.41) is 2.60. The van der Waals surface area contributed by atoms with Gasteiger partial charge in [-0.1, -0.05) is 36.1 Å². The Balaban J connectivity index is 1.51. The molecule has 0 unspecified atom stereocenters.